The fraction of sp³-hybridized carbons (Fsp3) is 0.500. The summed E-state index contributed by atoms with van der Waals surface area (Å²) in [5.41, 5.74) is 0.371. The average Bonchev–Trinajstić information content (AvgIpc) is 2.44. The average molecular weight is 370 g/mol. The first-order valence-electron chi connectivity index (χ1n) is 6.76. The maximum atomic E-state index is 12.4. The molecule has 1 aliphatic heterocycles. The molecule has 2 rings (SSSR count). The van der Waals surface area contributed by atoms with E-state index in [2.05, 4.69) is 5.32 Å². The summed E-state index contributed by atoms with van der Waals surface area (Å²) in [7, 11) is 0. The van der Waals surface area contributed by atoms with Crippen LogP contribution in [0, 0.1) is 0 Å². The van der Waals surface area contributed by atoms with Gasteiger partial charge >= 0.3 is 0 Å². The standard InChI is InChI=1S/C14H16Cl4N2O/c15-11-7-3-2-6-10(11)12(21)19-13(14(16,17)18)20-8-4-1-5-9-20/h2-3,6-7,13H,1,4-5,8-9H2,(H,19,21). The van der Waals surface area contributed by atoms with Crippen LogP contribution in [0.15, 0.2) is 24.3 Å². The first kappa shape index (κ1) is 17.2. The Kier molecular flexibility index (Phi) is 6.04. The number of carbonyl (C=O) groups is 1. The lowest BCUT2D eigenvalue weighted by molar-refractivity contribution is 0.0819. The van der Waals surface area contributed by atoms with Crippen molar-refractivity contribution in [2.75, 3.05) is 13.1 Å². The number of nitrogens with one attached hydrogen (secondary N) is 1. The first-order chi connectivity index (χ1) is 9.89. The van der Waals surface area contributed by atoms with Crippen molar-refractivity contribution in [3.05, 3.63) is 34.9 Å². The third kappa shape index (κ3) is 4.64. The molecule has 1 N–H and O–H groups in total. The van der Waals surface area contributed by atoms with E-state index in [1.54, 1.807) is 24.3 Å². The van der Waals surface area contributed by atoms with Gasteiger partial charge in [-0.15, -0.1) is 0 Å². The lowest BCUT2D eigenvalue weighted by Gasteiger charge is -2.38. The quantitative estimate of drug-likeness (QED) is 0.807. The molecule has 0 saturated carbocycles. The van der Waals surface area contributed by atoms with Gasteiger partial charge in [0.1, 0.15) is 6.17 Å². The van der Waals surface area contributed by atoms with E-state index in [4.69, 9.17) is 46.4 Å². The Morgan fingerprint density at radius 1 is 1.14 bits per heavy atom. The van der Waals surface area contributed by atoms with Crippen molar-refractivity contribution in [3.63, 3.8) is 0 Å². The third-order valence-electron chi connectivity index (χ3n) is 3.45. The van der Waals surface area contributed by atoms with Crippen LogP contribution >= 0.6 is 46.4 Å². The van der Waals surface area contributed by atoms with Gasteiger partial charge in [-0.2, -0.15) is 0 Å². The van der Waals surface area contributed by atoms with E-state index in [9.17, 15) is 4.79 Å². The van der Waals surface area contributed by atoms with Crippen molar-refractivity contribution in [1.29, 1.82) is 0 Å². The lowest BCUT2D eigenvalue weighted by Crippen LogP contribution is -2.56. The van der Waals surface area contributed by atoms with E-state index >= 15 is 0 Å². The van der Waals surface area contributed by atoms with Gasteiger partial charge in [0.15, 0.2) is 0 Å². The Bertz CT molecular complexity index is 498. The highest BCUT2D eigenvalue weighted by Crippen LogP contribution is 2.33. The molecule has 1 heterocycles. The number of piperidine rings is 1. The molecule has 0 bridgehead atoms. The van der Waals surface area contributed by atoms with Crippen molar-refractivity contribution in [2.24, 2.45) is 0 Å². The normalized spacial score (nSPS) is 18.3. The van der Waals surface area contributed by atoms with Crippen molar-refractivity contribution in [2.45, 2.75) is 29.2 Å². The highest BCUT2D eigenvalue weighted by atomic mass is 35.6. The minimum absolute atomic E-state index is 0.345. The van der Waals surface area contributed by atoms with E-state index < -0.39 is 9.96 Å². The number of likely N-dealkylation sites (tertiary alicyclic amines) is 1. The van der Waals surface area contributed by atoms with Crippen molar-refractivity contribution in [3.8, 4) is 0 Å². The Balaban J connectivity index is 2.15. The van der Waals surface area contributed by atoms with Gasteiger partial charge in [0.05, 0.1) is 10.6 Å². The number of nitrogens with zero attached hydrogens (tertiary/aromatic N) is 1. The second-order valence-corrected chi connectivity index (χ2v) is 7.77. The van der Waals surface area contributed by atoms with E-state index in [0.717, 1.165) is 32.4 Å². The van der Waals surface area contributed by atoms with Crippen LogP contribution in [0.25, 0.3) is 0 Å². The Morgan fingerprint density at radius 2 is 1.76 bits per heavy atom. The second-order valence-electron chi connectivity index (χ2n) is 4.99. The predicted molar refractivity (Wildman–Crippen MR) is 88.4 cm³/mol. The Labute approximate surface area is 144 Å². The zero-order valence-corrected chi connectivity index (χ0v) is 14.3. The fourth-order valence-corrected chi connectivity index (χ4v) is 3.20. The third-order valence-corrected chi connectivity index (χ3v) is 4.40. The maximum absolute atomic E-state index is 12.4. The number of benzene rings is 1. The molecule has 0 aromatic heterocycles. The molecule has 116 valence electrons. The molecule has 1 saturated heterocycles. The summed E-state index contributed by atoms with van der Waals surface area (Å²) < 4.78 is -1.60. The number of carbonyl (C=O) groups excluding carboxylic acids is 1. The molecule has 0 spiro atoms. The molecule has 1 aromatic rings. The number of halogens is 4. The van der Waals surface area contributed by atoms with Crippen LogP contribution in [0.1, 0.15) is 29.6 Å². The largest absolute Gasteiger partial charge is 0.332 e. The van der Waals surface area contributed by atoms with Crippen molar-refractivity contribution < 1.29 is 4.79 Å². The summed E-state index contributed by atoms with van der Waals surface area (Å²) in [6.45, 7) is 1.59. The number of hydrogen-bond donors (Lipinski definition) is 1. The van der Waals surface area contributed by atoms with Crippen LogP contribution in [-0.2, 0) is 0 Å². The van der Waals surface area contributed by atoms with Crippen molar-refractivity contribution >= 4 is 52.3 Å². The summed E-state index contributed by atoms with van der Waals surface area (Å²) in [6, 6.07) is 6.80. The Hall–Kier alpha value is -0.190. The summed E-state index contributed by atoms with van der Waals surface area (Å²) in [5, 5.41) is 3.16. The summed E-state index contributed by atoms with van der Waals surface area (Å²) in [5.74, 6) is -0.345. The summed E-state index contributed by atoms with van der Waals surface area (Å²) >= 11 is 24.2. The monoisotopic (exact) mass is 368 g/mol. The van der Waals surface area contributed by atoms with Crippen molar-refractivity contribution in [1.82, 2.24) is 10.2 Å². The van der Waals surface area contributed by atoms with E-state index in [1.165, 1.54) is 0 Å². The SMILES string of the molecule is O=C(NC(N1CCCCC1)C(Cl)(Cl)Cl)c1ccccc1Cl. The first-order valence-corrected chi connectivity index (χ1v) is 8.27. The molecular weight excluding hydrogens is 354 g/mol. The van der Waals surface area contributed by atoms with Crippen LogP contribution in [0.5, 0.6) is 0 Å². The minimum Gasteiger partial charge on any atom is -0.332 e. The summed E-state index contributed by atoms with van der Waals surface area (Å²) in [6.07, 6.45) is 2.53. The fourth-order valence-electron chi connectivity index (χ4n) is 2.40. The molecule has 1 amide bonds. The number of amides is 1. The van der Waals surface area contributed by atoms with Crippen LogP contribution < -0.4 is 5.32 Å². The molecule has 0 aliphatic carbocycles. The molecule has 0 radical (unpaired) electrons. The highest BCUT2D eigenvalue weighted by Gasteiger charge is 2.39. The topological polar surface area (TPSA) is 32.3 Å². The zero-order valence-electron chi connectivity index (χ0n) is 11.3. The molecule has 3 nitrogen and oxygen atoms in total. The van der Waals surface area contributed by atoms with Gasteiger partial charge in [-0.1, -0.05) is 65.0 Å². The van der Waals surface area contributed by atoms with Gasteiger partial charge < -0.3 is 5.32 Å². The molecular formula is C14H16Cl4N2O. The zero-order chi connectivity index (χ0) is 15.5. The summed E-state index contributed by atoms with van der Waals surface area (Å²) in [4.78, 5) is 14.4. The smallest absolute Gasteiger partial charge is 0.254 e. The molecule has 1 fully saturated rings. The van der Waals surface area contributed by atoms with Gasteiger partial charge in [-0.05, 0) is 25.0 Å². The van der Waals surface area contributed by atoms with Gasteiger partial charge in [0, 0.05) is 13.1 Å². The maximum Gasteiger partial charge on any atom is 0.254 e. The number of rotatable bonds is 3. The van der Waals surface area contributed by atoms with Crippen LogP contribution in [-0.4, -0.2) is 33.9 Å². The van der Waals surface area contributed by atoms with Gasteiger partial charge in [0.2, 0.25) is 3.79 Å². The number of hydrogen-bond acceptors (Lipinski definition) is 2. The molecule has 1 aliphatic rings. The van der Waals surface area contributed by atoms with Gasteiger partial charge in [0.25, 0.3) is 5.91 Å². The number of alkyl halides is 3. The highest BCUT2D eigenvalue weighted by molar-refractivity contribution is 6.68. The minimum atomic E-state index is -1.60. The van der Waals surface area contributed by atoms with E-state index in [1.807, 2.05) is 4.90 Å². The molecule has 7 heteroatoms. The molecule has 1 atom stereocenters. The second kappa shape index (κ2) is 7.38. The van der Waals surface area contributed by atoms with Crippen LogP contribution in [0.4, 0.5) is 0 Å². The van der Waals surface area contributed by atoms with Crippen LogP contribution in [0.2, 0.25) is 5.02 Å². The van der Waals surface area contributed by atoms with Gasteiger partial charge in [-0.3, -0.25) is 9.69 Å². The Morgan fingerprint density at radius 3 is 2.33 bits per heavy atom. The lowest BCUT2D eigenvalue weighted by atomic mass is 10.1. The molecule has 1 aromatic carbocycles. The van der Waals surface area contributed by atoms with E-state index in [0.29, 0.717) is 10.6 Å². The molecule has 1 unspecified atom stereocenters. The van der Waals surface area contributed by atoms with Gasteiger partial charge in [-0.25, -0.2) is 0 Å². The predicted octanol–water partition coefficient (Wildman–Crippen LogP) is 4.25. The van der Waals surface area contributed by atoms with E-state index in [-0.39, 0.29) is 5.91 Å². The molecule has 21 heavy (non-hydrogen) atoms. The van der Waals surface area contributed by atoms with Crippen LogP contribution in [0.3, 0.4) is 0 Å².